The maximum atomic E-state index is 12.5. The fraction of sp³-hybridized carbons (Fsp3) is 0.286. The lowest BCUT2D eigenvalue weighted by atomic mass is 10.1. The van der Waals surface area contributed by atoms with E-state index in [0.29, 0.717) is 12.1 Å². The van der Waals surface area contributed by atoms with Crippen molar-refractivity contribution in [2.24, 2.45) is 0 Å². The van der Waals surface area contributed by atoms with Gasteiger partial charge in [0.05, 0.1) is 17.9 Å². The number of aromatic nitrogens is 1. The monoisotopic (exact) mass is 352 g/mol. The molecule has 23 heavy (non-hydrogen) atoms. The highest BCUT2D eigenvalue weighted by molar-refractivity contribution is 7.87. The van der Waals surface area contributed by atoms with Crippen molar-refractivity contribution in [1.82, 2.24) is 14.0 Å². The smallest absolute Gasteiger partial charge is 0.280 e. The summed E-state index contributed by atoms with van der Waals surface area (Å²) < 4.78 is 28.2. The van der Waals surface area contributed by atoms with Crippen molar-refractivity contribution in [3.63, 3.8) is 0 Å². The molecule has 0 saturated carbocycles. The van der Waals surface area contributed by atoms with E-state index in [1.54, 1.807) is 18.3 Å². The molecule has 0 aliphatic carbocycles. The number of pyridine rings is 1. The molecule has 0 unspecified atom stereocenters. The van der Waals surface area contributed by atoms with Crippen LogP contribution in [0.2, 0.25) is 0 Å². The van der Waals surface area contributed by atoms with Crippen LogP contribution in [0.4, 0.5) is 5.69 Å². The molecule has 2 aromatic heterocycles. The molecule has 3 heterocycles. The normalized spacial score (nSPS) is 24.2. The number of likely N-dealkylation sites (N-methyl/N-ethyl adjacent to an activating group) is 1. The molecular weight excluding hydrogens is 336 g/mol. The predicted molar refractivity (Wildman–Crippen MR) is 88.2 cm³/mol. The fourth-order valence-corrected chi connectivity index (χ4v) is 4.58. The van der Waals surface area contributed by atoms with Crippen LogP contribution in [0.5, 0.6) is 0 Å². The van der Waals surface area contributed by atoms with Crippen LogP contribution in [0.25, 0.3) is 0 Å². The Morgan fingerprint density at radius 3 is 2.91 bits per heavy atom. The van der Waals surface area contributed by atoms with E-state index in [9.17, 15) is 13.2 Å². The SMILES string of the molecule is CN1[C@@H](C(=O)Nc2cccnc2)C[C@@H](c2cccs2)NS1(=O)=O. The van der Waals surface area contributed by atoms with E-state index in [0.717, 1.165) is 9.18 Å². The van der Waals surface area contributed by atoms with Crippen LogP contribution >= 0.6 is 11.3 Å². The lowest BCUT2D eigenvalue weighted by Gasteiger charge is -2.35. The van der Waals surface area contributed by atoms with Gasteiger partial charge in [-0.2, -0.15) is 17.4 Å². The molecule has 1 saturated heterocycles. The van der Waals surface area contributed by atoms with E-state index in [-0.39, 0.29) is 5.91 Å². The molecule has 122 valence electrons. The van der Waals surface area contributed by atoms with Crippen LogP contribution in [-0.4, -0.2) is 36.7 Å². The Morgan fingerprint density at radius 2 is 2.26 bits per heavy atom. The van der Waals surface area contributed by atoms with Gasteiger partial charge in [-0.25, -0.2) is 0 Å². The molecule has 1 aliphatic heterocycles. The number of thiophene rings is 1. The standard InChI is InChI=1S/C14H16N4O3S2/c1-18-12(14(19)16-10-4-2-6-15-9-10)8-11(17-23(18,20)21)13-5-3-7-22-13/h2-7,9,11-12,17H,8H2,1H3,(H,16,19)/t11-,12+/m0/s1. The predicted octanol–water partition coefficient (Wildman–Crippen LogP) is 1.36. The van der Waals surface area contributed by atoms with Crippen molar-refractivity contribution >= 4 is 33.1 Å². The number of anilines is 1. The first-order chi connectivity index (χ1) is 11.0. The van der Waals surface area contributed by atoms with Crippen LogP contribution in [0.15, 0.2) is 42.0 Å². The van der Waals surface area contributed by atoms with Gasteiger partial charge in [0.15, 0.2) is 0 Å². The Hall–Kier alpha value is -1.81. The first-order valence-electron chi connectivity index (χ1n) is 6.97. The molecule has 7 nitrogen and oxygen atoms in total. The van der Waals surface area contributed by atoms with Crippen molar-refractivity contribution in [2.45, 2.75) is 18.5 Å². The van der Waals surface area contributed by atoms with Crippen LogP contribution in [0, 0.1) is 0 Å². The summed E-state index contributed by atoms with van der Waals surface area (Å²) in [6.07, 6.45) is 3.48. The van der Waals surface area contributed by atoms with Gasteiger partial charge in [-0.3, -0.25) is 9.78 Å². The zero-order valence-electron chi connectivity index (χ0n) is 12.3. The minimum atomic E-state index is -3.71. The Labute approximate surface area is 138 Å². The first kappa shape index (κ1) is 16.1. The number of amides is 1. The van der Waals surface area contributed by atoms with Crippen LogP contribution in [-0.2, 0) is 15.0 Å². The number of rotatable bonds is 3. The van der Waals surface area contributed by atoms with Crippen molar-refractivity contribution in [1.29, 1.82) is 0 Å². The maximum absolute atomic E-state index is 12.5. The molecule has 0 aromatic carbocycles. The summed E-state index contributed by atoms with van der Waals surface area (Å²) in [7, 11) is -2.31. The van der Waals surface area contributed by atoms with Gasteiger partial charge in [0.1, 0.15) is 6.04 Å². The van der Waals surface area contributed by atoms with Gasteiger partial charge >= 0.3 is 0 Å². The summed E-state index contributed by atoms with van der Waals surface area (Å²) in [6.45, 7) is 0. The zero-order chi connectivity index (χ0) is 16.4. The fourth-order valence-electron chi connectivity index (χ4n) is 2.45. The molecule has 0 radical (unpaired) electrons. The average molecular weight is 352 g/mol. The molecule has 1 aliphatic rings. The Balaban J connectivity index is 1.83. The van der Waals surface area contributed by atoms with Crippen molar-refractivity contribution < 1.29 is 13.2 Å². The summed E-state index contributed by atoms with van der Waals surface area (Å²) in [5.41, 5.74) is 0.537. The summed E-state index contributed by atoms with van der Waals surface area (Å²) in [5.74, 6) is -0.368. The van der Waals surface area contributed by atoms with Crippen LogP contribution < -0.4 is 10.0 Å². The Bertz CT molecular complexity index is 778. The summed E-state index contributed by atoms with van der Waals surface area (Å²) in [4.78, 5) is 17.3. The van der Waals surface area contributed by atoms with Gasteiger partial charge in [0, 0.05) is 18.1 Å². The lowest BCUT2D eigenvalue weighted by molar-refractivity contribution is -0.120. The van der Waals surface area contributed by atoms with E-state index in [1.807, 2.05) is 17.5 Å². The minimum absolute atomic E-state index is 0.363. The minimum Gasteiger partial charge on any atom is -0.323 e. The van der Waals surface area contributed by atoms with Crippen molar-refractivity contribution in [3.8, 4) is 0 Å². The molecule has 0 spiro atoms. The van der Waals surface area contributed by atoms with Gasteiger partial charge in [0.25, 0.3) is 10.2 Å². The van der Waals surface area contributed by atoms with E-state index in [1.165, 1.54) is 24.6 Å². The van der Waals surface area contributed by atoms with Crippen LogP contribution in [0.1, 0.15) is 17.3 Å². The average Bonchev–Trinajstić information content (AvgIpc) is 3.05. The number of nitrogens with zero attached hydrogens (tertiary/aromatic N) is 2. The highest BCUT2D eigenvalue weighted by Crippen LogP contribution is 2.30. The first-order valence-corrected chi connectivity index (χ1v) is 9.29. The Kier molecular flexibility index (Phi) is 4.44. The number of hydrogen-bond acceptors (Lipinski definition) is 5. The van der Waals surface area contributed by atoms with E-state index < -0.39 is 22.3 Å². The lowest BCUT2D eigenvalue weighted by Crippen LogP contribution is -2.55. The molecule has 2 aromatic rings. The third-order valence-electron chi connectivity index (χ3n) is 3.69. The second-order valence-corrected chi connectivity index (χ2v) is 7.93. The highest BCUT2D eigenvalue weighted by atomic mass is 32.2. The van der Waals surface area contributed by atoms with Gasteiger partial charge < -0.3 is 5.32 Å². The number of carbonyl (C=O) groups is 1. The quantitative estimate of drug-likeness (QED) is 0.872. The summed E-state index contributed by atoms with van der Waals surface area (Å²) >= 11 is 1.46. The van der Waals surface area contributed by atoms with Gasteiger partial charge in [-0.05, 0) is 30.0 Å². The Morgan fingerprint density at radius 1 is 1.43 bits per heavy atom. The van der Waals surface area contributed by atoms with Crippen molar-refractivity contribution in [2.75, 3.05) is 12.4 Å². The zero-order valence-corrected chi connectivity index (χ0v) is 14.0. The molecule has 9 heteroatoms. The molecule has 1 fully saturated rings. The topological polar surface area (TPSA) is 91.4 Å². The van der Waals surface area contributed by atoms with Crippen LogP contribution in [0.3, 0.4) is 0 Å². The summed E-state index contributed by atoms with van der Waals surface area (Å²) in [6, 6.07) is 5.94. The number of carbonyl (C=O) groups excluding carboxylic acids is 1. The number of nitrogens with one attached hydrogen (secondary N) is 2. The molecule has 1 amide bonds. The third kappa shape index (κ3) is 3.42. The molecular formula is C14H16N4O3S2. The highest BCUT2D eigenvalue weighted by Gasteiger charge is 2.40. The maximum Gasteiger partial charge on any atom is 0.280 e. The largest absolute Gasteiger partial charge is 0.323 e. The second kappa shape index (κ2) is 6.36. The molecule has 2 N–H and O–H groups in total. The molecule has 2 atom stereocenters. The van der Waals surface area contributed by atoms with Crippen molar-refractivity contribution in [3.05, 3.63) is 46.9 Å². The van der Waals surface area contributed by atoms with E-state index in [2.05, 4.69) is 15.0 Å². The van der Waals surface area contributed by atoms with E-state index in [4.69, 9.17) is 0 Å². The molecule has 3 rings (SSSR count). The van der Waals surface area contributed by atoms with Gasteiger partial charge in [0.2, 0.25) is 5.91 Å². The molecule has 0 bridgehead atoms. The van der Waals surface area contributed by atoms with Gasteiger partial charge in [-0.1, -0.05) is 6.07 Å². The third-order valence-corrected chi connectivity index (χ3v) is 6.27. The van der Waals surface area contributed by atoms with Gasteiger partial charge in [-0.15, -0.1) is 11.3 Å². The number of hydrogen-bond donors (Lipinski definition) is 2. The van der Waals surface area contributed by atoms with E-state index >= 15 is 0 Å². The summed E-state index contributed by atoms with van der Waals surface area (Å²) in [5, 5.41) is 4.60. The second-order valence-electron chi connectivity index (χ2n) is 5.19.